The molecule has 1 fully saturated rings. The van der Waals surface area contributed by atoms with Gasteiger partial charge in [0, 0.05) is 37.8 Å². The molecule has 0 aliphatic heterocycles. The van der Waals surface area contributed by atoms with Crippen molar-refractivity contribution in [2.45, 2.75) is 51.6 Å². The summed E-state index contributed by atoms with van der Waals surface area (Å²) in [5.74, 6) is -0.00268. The van der Waals surface area contributed by atoms with E-state index in [-0.39, 0.29) is 28.8 Å². The van der Waals surface area contributed by atoms with E-state index in [9.17, 15) is 14.4 Å². The Labute approximate surface area is 151 Å². The quantitative estimate of drug-likeness (QED) is 0.791. The average Bonchev–Trinajstić information content (AvgIpc) is 3.47. The van der Waals surface area contributed by atoms with E-state index in [2.05, 4.69) is 9.97 Å². The molecule has 0 saturated heterocycles. The molecule has 8 nitrogen and oxygen atoms in total. The van der Waals surface area contributed by atoms with Gasteiger partial charge in [-0.3, -0.25) is 19.1 Å². The summed E-state index contributed by atoms with van der Waals surface area (Å²) in [5.41, 5.74) is 5.96. The highest BCUT2D eigenvalue weighted by atomic mass is 16.2. The van der Waals surface area contributed by atoms with Crippen LogP contribution < -0.4 is 17.0 Å². The number of amides is 1. The lowest BCUT2D eigenvalue weighted by Crippen LogP contribution is -2.40. The molecule has 1 aliphatic carbocycles. The third-order valence-corrected chi connectivity index (χ3v) is 4.96. The van der Waals surface area contributed by atoms with Crippen molar-refractivity contribution >= 4 is 16.9 Å². The number of carbonyl (C=O) groups is 1. The van der Waals surface area contributed by atoms with Crippen molar-refractivity contribution in [3.63, 3.8) is 0 Å². The summed E-state index contributed by atoms with van der Waals surface area (Å²) in [4.78, 5) is 46.3. The fourth-order valence-corrected chi connectivity index (χ4v) is 3.03. The Balaban J connectivity index is 2.30. The Hall–Kier alpha value is -2.48. The van der Waals surface area contributed by atoms with Gasteiger partial charge in [-0.05, 0) is 32.3 Å². The predicted molar refractivity (Wildman–Crippen MR) is 99.5 cm³/mol. The first-order chi connectivity index (χ1) is 12.4. The van der Waals surface area contributed by atoms with Gasteiger partial charge in [0.05, 0.1) is 10.9 Å². The van der Waals surface area contributed by atoms with Gasteiger partial charge >= 0.3 is 5.69 Å². The number of carbonyl (C=O) groups excluding carboxylic acids is 1. The van der Waals surface area contributed by atoms with Gasteiger partial charge in [0.1, 0.15) is 0 Å². The molecule has 2 heterocycles. The highest BCUT2D eigenvalue weighted by Gasteiger charge is 2.30. The number of aryl methyl sites for hydroxylation is 1. The molecular formula is C18H25N5O3. The van der Waals surface area contributed by atoms with Gasteiger partial charge in [0.15, 0.2) is 5.65 Å². The van der Waals surface area contributed by atoms with Crippen LogP contribution in [0.5, 0.6) is 0 Å². The second-order valence-corrected chi connectivity index (χ2v) is 6.98. The number of H-pyrrole nitrogens is 1. The lowest BCUT2D eigenvalue weighted by molar-refractivity contribution is 0.0750. The third kappa shape index (κ3) is 3.16. The van der Waals surface area contributed by atoms with Crippen molar-refractivity contribution in [3.8, 4) is 0 Å². The molecule has 26 heavy (non-hydrogen) atoms. The first kappa shape index (κ1) is 18.3. The molecule has 2 aromatic rings. The molecule has 1 saturated carbocycles. The number of pyridine rings is 1. The molecule has 8 heteroatoms. The van der Waals surface area contributed by atoms with E-state index >= 15 is 0 Å². The zero-order valence-electron chi connectivity index (χ0n) is 15.4. The molecule has 140 valence electrons. The van der Waals surface area contributed by atoms with Gasteiger partial charge in [-0.15, -0.1) is 0 Å². The molecule has 2 aromatic heterocycles. The van der Waals surface area contributed by atoms with Crippen molar-refractivity contribution in [1.82, 2.24) is 19.4 Å². The maximum Gasteiger partial charge on any atom is 0.329 e. The fraction of sp³-hybridized carbons (Fsp3) is 0.556. The van der Waals surface area contributed by atoms with Crippen molar-refractivity contribution in [2.75, 3.05) is 13.6 Å². The monoisotopic (exact) mass is 359 g/mol. The minimum Gasteiger partial charge on any atom is -0.338 e. The number of fused-ring (bicyclic) bond motifs is 1. The maximum atomic E-state index is 13.1. The average molecular weight is 359 g/mol. The molecule has 3 rings (SSSR count). The Morgan fingerprint density at radius 1 is 1.46 bits per heavy atom. The zero-order chi connectivity index (χ0) is 19.0. The summed E-state index contributed by atoms with van der Waals surface area (Å²) in [7, 11) is 1.67. The smallest absolute Gasteiger partial charge is 0.329 e. The van der Waals surface area contributed by atoms with Crippen molar-refractivity contribution in [1.29, 1.82) is 0 Å². The number of aromatic amines is 1. The van der Waals surface area contributed by atoms with E-state index in [1.165, 1.54) is 9.47 Å². The largest absolute Gasteiger partial charge is 0.338 e. The van der Waals surface area contributed by atoms with Crippen LogP contribution in [0.2, 0.25) is 0 Å². The number of hydrogen-bond acceptors (Lipinski definition) is 5. The van der Waals surface area contributed by atoms with Crippen molar-refractivity contribution < 1.29 is 4.79 Å². The van der Waals surface area contributed by atoms with Crippen LogP contribution in [0.3, 0.4) is 0 Å². The summed E-state index contributed by atoms with van der Waals surface area (Å²) in [5, 5.41) is 0.170. The molecule has 1 aliphatic rings. The minimum absolute atomic E-state index is 0.170. The molecule has 3 N–H and O–H groups in total. The van der Waals surface area contributed by atoms with Crippen LogP contribution in [0.4, 0.5) is 0 Å². The molecule has 1 amide bonds. The minimum atomic E-state index is -0.579. The first-order valence-electron chi connectivity index (χ1n) is 9.04. The Kier molecular flexibility index (Phi) is 4.95. The highest BCUT2D eigenvalue weighted by molar-refractivity contribution is 6.05. The van der Waals surface area contributed by atoms with Crippen molar-refractivity contribution in [3.05, 3.63) is 38.2 Å². The molecule has 1 unspecified atom stereocenters. The van der Waals surface area contributed by atoms with Crippen molar-refractivity contribution in [2.24, 2.45) is 5.73 Å². The van der Waals surface area contributed by atoms with Gasteiger partial charge in [-0.25, -0.2) is 9.78 Å². The van der Waals surface area contributed by atoms with E-state index in [1.54, 1.807) is 13.1 Å². The topological polar surface area (TPSA) is 114 Å². The summed E-state index contributed by atoms with van der Waals surface area (Å²) in [6, 6.07) is 1.54. The van der Waals surface area contributed by atoms with Gasteiger partial charge in [-0.1, -0.05) is 6.92 Å². The SMILES string of the molecule is CCCn1c(=O)[nH]c(=O)c2c(C(=O)N(C)C(C)CN)cc(C3CC3)nc21. The number of nitrogens with zero attached hydrogens (tertiary/aromatic N) is 3. The van der Waals surface area contributed by atoms with Crippen LogP contribution in [0, 0.1) is 0 Å². The maximum absolute atomic E-state index is 13.1. The van der Waals surface area contributed by atoms with E-state index in [0.717, 1.165) is 18.5 Å². The fourth-order valence-electron chi connectivity index (χ4n) is 3.03. The lowest BCUT2D eigenvalue weighted by Gasteiger charge is -2.24. The highest BCUT2D eigenvalue weighted by Crippen LogP contribution is 2.40. The van der Waals surface area contributed by atoms with Gasteiger partial charge < -0.3 is 10.6 Å². The molecule has 0 bridgehead atoms. The van der Waals surface area contributed by atoms with E-state index < -0.39 is 11.2 Å². The second kappa shape index (κ2) is 7.03. The molecule has 0 radical (unpaired) electrons. The normalized spacial score (nSPS) is 15.2. The lowest BCUT2D eigenvalue weighted by atomic mass is 10.1. The standard InChI is InChI=1S/C18H25N5O3/c1-4-7-23-15-14(16(24)21-18(23)26)12(8-13(20-15)11-5-6-11)17(25)22(3)10(2)9-19/h8,10-11H,4-7,9,19H2,1-3H3,(H,21,24,26). The van der Waals surface area contributed by atoms with E-state index in [1.807, 2.05) is 13.8 Å². The Bertz CT molecular complexity index is 958. The molecule has 0 spiro atoms. The third-order valence-electron chi connectivity index (χ3n) is 4.96. The van der Waals surface area contributed by atoms with Crippen LogP contribution >= 0.6 is 0 Å². The number of nitrogens with one attached hydrogen (secondary N) is 1. The Morgan fingerprint density at radius 2 is 2.15 bits per heavy atom. The predicted octanol–water partition coefficient (Wildman–Crippen LogP) is 0.791. The van der Waals surface area contributed by atoms with E-state index in [0.29, 0.717) is 25.2 Å². The van der Waals surface area contributed by atoms with Crippen LogP contribution in [0.1, 0.15) is 55.1 Å². The van der Waals surface area contributed by atoms with Gasteiger partial charge in [-0.2, -0.15) is 0 Å². The number of hydrogen-bond donors (Lipinski definition) is 2. The summed E-state index contributed by atoms with van der Waals surface area (Å²) in [6.07, 6.45) is 2.72. The number of likely N-dealkylation sites (N-methyl/N-ethyl adjacent to an activating group) is 1. The first-order valence-corrected chi connectivity index (χ1v) is 9.04. The summed E-state index contributed by atoms with van der Waals surface area (Å²) >= 11 is 0. The molecule has 0 aromatic carbocycles. The van der Waals surface area contributed by atoms with Crippen LogP contribution in [-0.4, -0.2) is 45.0 Å². The molecular weight excluding hydrogens is 334 g/mol. The van der Waals surface area contributed by atoms with Crippen LogP contribution in [0.25, 0.3) is 11.0 Å². The number of aromatic nitrogens is 3. The molecule has 1 atom stereocenters. The van der Waals surface area contributed by atoms with E-state index in [4.69, 9.17) is 5.73 Å². The summed E-state index contributed by atoms with van der Waals surface area (Å²) < 4.78 is 1.45. The summed E-state index contributed by atoms with van der Waals surface area (Å²) in [6.45, 7) is 4.53. The Morgan fingerprint density at radius 3 is 2.73 bits per heavy atom. The zero-order valence-corrected chi connectivity index (χ0v) is 15.4. The number of nitrogens with two attached hydrogens (primary N) is 1. The van der Waals surface area contributed by atoms with Crippen LogP contribution in [-0.2, 0) is 6.54 Å². The van der Waals surface area contributed by atoms with Gasteiger partial charge in [0.25, 0.3) is 11.5 Å². The van der Waals surface area contributed by atoms with Gasteiger partial charge in [0.2, 0.25) is 0 Å². The van der Waals surface area contributed by atoms with Crippen LogP contribution in [0.15, 0.2) is 15.7 Å². The second-order valence-electron chi connectivity index (χ2n) is 6.98. The number of rotatable bonds is 6.